The highest BCUT2D eigenvalue weighted by Gasteiger charge is 2.14. The van der Waals surface area contributed by atoms with E-state index in [9.17, 15) is 4.79 Å². The lowest BCUT2D eigenvalue weighted by Crippen LogP contribution is -2.16. The van der Waals surface area contributed by atoms with E-state index in [2.05, 4.69) is 0 Å². The number of aryl methyl sites for hydroxylation is 1. The van der Waals surface area contributed by atoms with E-state index in [4.69, 9.17) is 7.85 Å². The largest absolute Gasteiger partial charge is 0.299 e. The molecule has 58 valence electrons. The van der Waals surface area contributed by atoms with Gasteiger partial charge in [0.1, 0.15) is 13.6 Å². The topological polar surface area (TPSA) is 17.1 Å². The number of rotatable bonds is 0. The maximum atomic E-state index is 11.1. The van der Waals surface area contributed by atoms with Crippen molar-refractivity contribution >= 4 is 19.1 Å². The number of fused-ring (bicyclic) bond motifs is 1. The summed E-state index contributed by atoms with van der Waals surface area (Å²) in [5.74, 6) is 0.340. The third-order valence-corrected chi connectivity index (χ3v) is 2.29. The Hall–Kier alpha value is -1.05. The summed E-state index contributed by atoms with van der Waals surface area (Å²) in [4.78, 5) is 11.1. The van der Waals surface area contributed by atoms with Crippen molar-refractivity contribution in [2.75, 3.05) is 0 Å². The summed E-state index contributed by atoms with van der Waals surface area (Å²) in [5.41, 5.74) is 3.19. The quantitative estimate of drug-likeness (QED) is 0.501. The van der Waals surface area contributed by atoms with Gasteiger partial charge in [-0.3, -0.25) is 4.79 Å². The molecule has 2 heteroatoms. The number of carbonyl (C=O) groups is 1. The van der Waals surface area contributed by atoms with Crippen molar-refractivity contribution in [3.63, 3.8) is 0 Å². The molecule has 1 nitrogen and oxygen atoms in total. The van der Waals surface area contributed by atoms with Gasteiger partial charge in [0.2, 0.25) is 0 Å². The molecule has 0 unspecified atom stereocenters. The van der Waals surface area contributed by atoms with Gasteiger partial charge in [0.25, 0.3) is 0 Å². The second kappa shape index (κ2) is 2.78. The van der Waals surface area contributed by atoms with E-state index in [0.29, 0.717) is 18.6 Å². The first kappa shape index (κ1) is 7.60. The highest BCUT2D eigenvalue weighted by Crippen LogP contribution is 2.17. The van der Waals surface area contributed by atoms with E-state index < -0.39 is 0 Å². The van der Waals surface area contributed by atoms with Gasteiger partial charge in [-0.25, -0.2) is 0 Å². The SMILES string of the molecule is [B]c1ccc2c(c1)CCC(=O)C2. The van der Waals surface area contributed by atoms with Gasteiger partial charge in [0.15, 0.2) is 0 Å². The average molecular weight is 156 g/mol. The maximum Gasteiger partial charge on any atom is 0.137 e. The molecule has 0 saturated heterocycles. The molecule has 0 saturated carbocycles. The summed E-state index contributed by atoms with van der Waals surface area (Å²) in [5, 5.41) is 0. The normalized spacial score (nSPS) is 15.8. The second-order valence-electron chi connectivity index (χ2n) is 3.24. The van der Waals surface area contributed by atoms with Gasteiger partial charge in [0, 0.05) is 12.8 Å². The zero-order valence-corrected chi connectivity index (χ0v) is 6.84. The highest BCUT2D eigenvalue weighted by atomic mass is 16.1. The van der Waals surface area contributed by atoms with Crippen LogP contribution in [0.5, 0.6) is 0 Å². The van der Waals surface area contributed by atoms with Crippen molar-refractivity contribution < 1.29 is 4.79 Å². The number of ketones is 1. The van der Waals surface area contributed by atoms with Crippen LogP contribution in [0.3, 0.4) is 0 Å². The molecule has 12 heavy (non-hydrogen) atoms. The van der Waals surface area contributed by atoms with Crippen molar-refractivity contribution in [3.05, 3.63) is 29.3 Å². The molecule has 0 atom stereocenters. The molecule has 2 radical (unpaired) electrons. The summed E-state index contributed by atoms with van der Waals surface area (Å²) in [7, 11) is 5.63. The average Bonchev–Trinajstić information content (AvgIpc) is 2.05. The summed E-state index contributed by atoms with van der Waals surface area (Å²) in [6.07, 6.45) is 2.13. The highest BCUT2D eigenvalue weighted by molar-refractivity contribution is 6.32. The molecule has 1 aliphatic rings. The Morgan fingerprint density at radius 1 is 1.17 bits per heavy atom. The number of hydrogen-bond donors (Lipinski definition) is 0. The van der Waals surface area contributed by atoms with Gasteiger partial charge >= 0.3 is 0 Å². The van der Waals surface area contributed by atoms with Crippen LogP contribution >= 0.6 is 0 Å². The molecule has 0 aromatic heterocycles. The minimum Gasteiger partial charge on any atom is -0.299 e. The van der Waals surface area contributed by atoms with E-state index in [0.717, 1.165) is 17.4 Å². The first-order chi connectivity index (χ1) is 5.75. The molecule has 0 fully saturated rings. The standard InChI is InChI=1S/C10H9BO/c11-9-3-1-8-6-10(12)4-2-7(8)5-9/h1,3,5H,2,4,6H2. The Kier molecular flexibility index (Phi) is 1.76. The fourth-order valence-corrected chi connectivity index (χ4v) is 1.63. The van der Waals surface area contributed by atoms with E-state index in [1.165, 1.54) is 5.56 Å². The molecule has 0 N–H and O–H groups in total. The van der Waals surface area contributed by atoms with E-state index in [-0.39, 0.29) is 0 Å². The third-order valence-electron chi connectivity index (χ3n) is 2.29. The smallest absolute Gasteiger partial charge is 0.137 e. The van der Waals surface area contributed by atoms with Crippen molar-refractivity contribution in [1.29, 1.82) is 0 Å². The van der Waals surface area contributed by atoms with Gasteiger partial charge in [-0.15, -0.1) is 0 Å². The van der Waals surface area contributed by atoms with Crippen LogP contribution in [0.4, 0.5) is 0 Å². The number of Topliss-reactive ketones (excluding diaryl/α,β-unsaturated/α-hetero) is 1. The predicted octanol–water partition coefficient (Wildman–Crippen LogP) is 0.538. The monoisotopic (exact) mass is 156 g/mol. The predicted molar refractivity (Wildman–Crippen MR) is 48.9 cm³/mol. The van der Waals surface area contributed by atoms with E-state index >= 15 is 0 Å². The second-order valence-corrected chi connectivity index (χ2v) is 3.24. The Morgan fingerprint density at radius 3 is 2.83 bits per heavy atom. The number of carbonyl (C=O) groups excluding carboxylic acids is 1. The van der Waals surface area contributed by atoms with Crippen molar-refractivity contribution in [2.24, 2.45) is 0 Å². The van der Waals surface area contributed by atoms with Crippen LogP contribution in [-0.4, -0.2) is 13.6 Å². The Morgan fingerprint density at radius 2 is 2.00 bits per heavy atom. The lowest BCUT2D eigenvalue weighted by molar-refractivity contribution is -0.118. The molecular weight excluding hydrogens is 147 g/mol. The zero-order chi connectivity index (χ0) is 8.55. The summed E-state index contributed by atoms with van der Waals surface area (Å²) < 4.78 is 0. The molecule has 0 heterocycles. The molecule has 1 aromatic rings. The molecule has 0 aliphatic heterocycles. The third kappa shape index (κ3) is 1.29. The van der Waals surface area contributed by atoms with Crippen LogP contribution in [0.25, 0.3) is 0 Å². The van der Waals surface area contributed by atoms with Gasteiger partial charge in [-0.05, 0) is 17.5 Å². The summed E-state index contributed by atoms with van der Waals surface area (Å²) >= 11 is 0. The number of benzene rings is 1. The fraction of sp³-hybridized carbons (Fsp3) is 0.300. The van der Waals surface area contributed by atoms with Crippen LogP contribution in [0.15, 0.2) is 18.2 Å². The molecule has 1 aliphatic carbocycles. The van der Waals surface area contributed by atoms with Gasteiger partial charge in [-0.1, -0.05) is 23.7 Å². The van der Waals surface area contributed by atoms with Crippen LogP contribution in [0.1, 0.15) is 17.5 Å². The Labute approximate surface area is 73.2 Å². The first-order valence-electron chi connectivity index (χ1n) is 4.15. The van der Waals surface area contributed by atoms with Crippen LogP contribution in [0.2, 0.25) is 0 Å². The van der Waals surface area contributed by atoms with E-state index in [1.807, 2.05) is 18.2 Å². The van der Waals surface area contributed by atoms with Crippen molar-refractivity contribution in [2.45, 2.75) is 19.3 Å². The molecule has 0 amide bonds. The summed E-state index contributed by atoms with van der Waals surface area (Å²) in [6, 6.07) is 5.79. The maximum absolute atomic E-state index is 11.1. The molecule has 2 rings (SSSR count). The van der Waals surface area contributed by atoms with E-state index in [1.54, 1.807) is 0 Å². The molecular formula is C10H9BO. The minimum absolute atomic E-state index is 0.340. The fourth-order valence-electron chi connectivity index (χ4n) is 1.63. The molecule has 0 spiro atoms. The van der Waals surface area contributed by atoms with Crippen molar-refractivity contribution in [1.82, 2.24) is 0 Å². The Balaban J connectivity index is 2.43. The molecule has 0 bridgehead atoms. The summed E-state index contributed by atoms with van der Waals surface area (Å²) in [6.45, 7) is 0. The number of hydrogen-bond acceptors (Lipinski definition) is 1. The minimum atomic E-state index is 0.340. The zero-order valence-electron chi connectivity index (χ0n) is 6.84. The van der Waals surface area contributed by atoms with Crippen LogP contribution < -0.4 is 5.46 Å². The first-order valence-corrected chi connectivity index (χ1v) is 4.15. The lowest BCUT2D eigenvalue weighted by atomic mass is 9.85. The Bertz CT molecular complexity index is 331. The van der Waals surface area contributed by atoms with Crippen LogP contribution in [-0.2, 0) is 17.6 Å². The van der Waals surface area contributed by atoms with Crippen LogP contribution in [0, 0.1) is 0 Å². The molecule has 1 aromatic carbocycles. The van der Waals surface area contributed by atoms with Gasteiger partial charge < -0.3 is 0 Å². The van der Waals surface area contributed by atoms with Gasteiger partial charge in [-0.2, -0.15) is 0 Å². The van der Waals surface area contributed by atoms with Crippen molar-refractivity contribution in [3.8, 4) is 0 Å². The lowest BCUT2D eigenvalue weighted by Gasteiger charge is -2.14. The van der Waals surface area contributed by atoms with Gasteiger partial charge in [0.05, 0.1) is 0 Å².